The number of rotatable bonds is 3. The lowest BCUT2D eigenvalue weighted by Gasteiger charge is -1.96. The Morgan fingerprint density at radius 2 is 2.38 bits per heavy atom. The van der Waals surface area contributed by atoms with Gasteiger partial charge in [-0.1, -0.05) is 18.7 Å². The third-order valence-electron chi connectivity index (χ3n) is 1.50. The predicted molar refractivity (Wildman–Crippen MR) is 52.6 cm³/mol. The summed E-state index contributed by atoms with van der Waals surface area (Å²) in [6.45, 7) is 3.63. The highest BCUT2D eigenvalue weighted by atomic mass is 16.1. The minimum atomic E-state index is -0.485. The van der Waals surface area contributed by atoms with E-state index in [1.54, 1.807) is 24.4 Å². The Balaban J connectivity index is 3.00. The molecule has 1 amide bonds. The standard InChI is InChI=1S/C10H10N2O/c1-2-8-4-3-7-12-9(8)5-6-10(11)13/h2-7H,1H2,(H2,11,13). The lowest BCUT2D eigenvalue weighted by molar-refractivity contribution is -0.113. The van der Waals surface area contributed by atoms with Crippen LogP contribution in [0.15, 0.2) is 31.0 Å². The molecule has 13 heavy (non-hydrogen) atoms. The Bertz CT molecular complexity index is 356. The Morgan fingerprint density at radius 3 is 3.00 bits per heavy atom. The first-order valence-corrected chi connectivity index (χ1v) is 3.79. The van der Waals surface area contributed by atoms with E-state index in [4.69, 9.17) is 5.73 Å². The minimum Gasteiger partial charge on any atom is -0.366 e. The molecular weight excluding hydrogens is 164 g/mol. The number of carbonyl (C=O) groups excluding carboxylic acids is 1. The van der Waals surface area contributed by atoms with Crippen LogP contribution in [-0.2, 0) is 4.79 Å². The van der Waals surface area contributed by atoms with Crippen LogP contribution in [0.25, 0.3) is 12.2 Å². The summed E-state index contributed by atoms with van der Waals surface area (Å²) >= 11 is 0. The third kappa shape index (κ3) is 2.56. The average Bonchev–Trinajstić information content (AvgIpc) is 2.15. The van der Waals surface area contributed by atoms with Crippen LogP contribution in [0.2, 0.25) is 0 Å². The number of pyridine rings is 1. The molecule has 1 aromatic rings. The molecule has 0 bridgehead atoms. The molecule has 0 aromatic carbocycles. The molecule has 66 valence electrons. The second-order valence-electron chi connectivity index (χ2n) is 2.42. The fourth-order valence-electron chi connectivity index (χ4n) is 0.903. The van der Waals surface area contributed by atoms with Gasteiger partial charge in [-0.3, -0.25) is 9.78 Å². The summed E-state index contributed by atoms with van der Waals surface area (Å²) in [5.74, 6) is -0.485. The fourth-order valence-corrected chi connectivity index (χ4v) is 0.903. The summed E-state index contributed by atoms with van der Waals surface area (Å²) in [5, 5.41) is 0. The van der Waals surface area contributed by atoms with Crippen molar-refractivity contribution in [1.82, 2.24) is 4.98 Å². The number of primary amides is 1. The zero-order chi connectivity index (χ0) is 9.68. The number of aromatic nitrogens is 1. The zero-order valence-corrected chi connectivity index (χ0v) is 7.10. The maximum absolute atomic E-state index is 10.5. The lowest BCUT2D eigenvalue weighted by atomic mass is 10.2. The minimum absolute atomic E-state index is 0.485. The molecule has 0 spiro atoms. The number of amides is 1. The highest BCUT2D eigenvalue weighted by Gasteiger charge is 1.94. The number of carbonyl (C=O) groups is 1. The number of nitrogens with two attached hydrogens (primary N) is 1. The average molecular weight is 174 g/mol. The third-order valence-corrected chi connectivity index (χ3v) is 1.50. The molecule has 0 saturated carbocycles. The monoisotopic (exact) mass is 174 g/mol. The van der Waals surface area contributed by atoms with Gasteiger partial charge in [0.1, 0.15) is 0 Å². The SMILES string of the molecule is C=Cc1cccnc1C=CC(N)=O. The second kappa shape index (κ2) is 4.21. The Hall–Kier alpha value is -1.90. The van der Waals surface area contributed by atoms with Crippen LogP contribution < -0.4 is 5.73 Å². The molecule has 1 aromatic heterocycles. The zero-order valence-electron chi connectivity index (χ0n) is 7.10. The normalized spacial score (nSPS) is 10.2. The van der Waals surface area contributed by atoms with Crippen LogP contribution in [0.4, 0.5) is 0 Å². The van der Waals surface area contributed by atoms with Crippen LogP contribution in [0, 0.1) is 0 Å². The summed E-state index contributed by atoms with van der Waals surface area (Å²) < 4.78 is 0. The predicted octanol–water partition coefficient (Wildman–Crippen LogP) is 1.22. The molecule has 2 N–H and O–H groups in total. The van der Waals surface area contributed by atoms with E-state index in [9.17, 15) is 4.79 Å². The summed E-state index contributed by atoms with van der Waals surface area (Å²) in [7, 11) is 0. The number of hydrogen-bond acceptors (Lipinski definition) is 2. The van der Waals surface area contributed by atoms with Gasteiger partial charge in [-0.25, -0.2) is 0 Å². The summed E-state index contributed by atoms with van der Waals surface area (Å²) in [6, 6.07) is 3.67. The Labute approximate surface area is 76.6 Å². The van der Waals surface area contributed by atoms with Gasteiger partial charge < -0.3 is 5.73 Å². The first-order valence-electron chi connectivity index (χ1n) is 3.79. The molecule has 0 aliphatic carbocycles. The summed E-state index contributed by atoms with van der Waals surface area (Å²) in [5.41, 5.74) is 6.52. The van der Waals surface area contributed by atoms with Crippen molar-refractivity contribution in [1.29, 1.82) is 0 Å². The molecule has 1 rings (SSSR count). The van der Waals surface area contributed by atoms with E-state index in [2.05, 4.69) is 11.6 Å². The molecular formula is C10H10N2O. The summed E-state index contributed by atoms with van der Waals surface area (Å²) in [4.78, 5) is 14.5. The van der Waals surface area contributed by atoms with Gasteiger partial charge >= 0.3 is 0 Å². The molecule has 1 heterocycles. The molecule has 3 nitrogen and oxygen atoms in total. The second-order valence-corrected chi connectivity index (χ2v) is 2.42. The first-order chi connectivity index (χ1) is 6.24. The maximum atomic E-state index is 10.5. The van der Waals surface area contributed by atoms with Crippen molar-refractivity contribution < 1.29 is 4.79 Å². The first kappa shape index (κ1) is 9.19. The fraction of sp³-hybridized carbons (Fsp3) is 0. The molecule has 0 radical (unpaired) electrons. The Kier molecular flexibility index (Phi) is 2.97. The van der Waals surface area contributed by atoms with Crippen LogP contribution in [0.1, 0.15) is 11.3 Å². The highest BCUT2D eigenvalue weighted by Crippen LogP contribution is 2.07. The number of nitrogens with zero attached hydrogens (tertiary/aromatic N) is 1. The maximum Gasteiger partial charge on any atom is 0.241 e. The molecule has 0 unspecified atom stereocenters. The van der Waals surface area contributed by atoms with Crippen molar-refractivity contribution in [3.8, 4) is 0 Å². The molecule has 0 atom stereocenters. The molecule has 0 fully saturated rings. The molecule has 0 saturated heterocycles. The van der Waals surface area contributed by atoms with Crippen molar-refractivity contribution in [3.05, 3.63) is 42.2 Å². The molecule has 0 aliphatic rings. The molecule has 0 aliphatic heterocycles. The van der Waals surface area contributed by atoms with Gasteiger partial charge in [-0.2, -0.15) is 0 Å². The van der Waals surface area contributed by atoms with Gasteiger partial charge in [-0.05, 0) is 17.7 Å². The van der Waals surface area contributed by atoms with Gasteiger partial charge in [0.15, 0.2) is 0 Å². The van der Waals surface area contributed by atoms with Crippen molar-refractivity contribution >= 4 is 18.1 Å². The number of hydrogen-bond donors (Lipinski definition) is 1. The van der Waals surface area contributed by atoms with Crippen LogP contribution in [-0.4, -0.2) is 10.9 Å². The van der Waals surface area contributed by atoms with Crippen molar-refractivity contribution in [2.45, 2.75) is 0 Å². The van der Waals surface area contributed by atoms with Gasteiger partial charge in [0.05, 0.1) is 5.69 Å². The van der Waals surface area contributed by atoms with Crippen molar-refractivity contribution in [2.24, 2.45) is 5.73 Å². The van der Waals surface area contributed by atoms with E-state index in [0.29, 0.717) is 5.69 Å². The highest BCUT2D eigenvalue weighted by molar-refractivity contribution is 5.90. The quantitative estimate of drug-likeness (QED) is 0.700. The van der Waals surface area contributed by atoms with E-state index in [1.807, 2.05) is 6.07 Å². The van der Waals surface area contributed by atoms with E-state index in [1.165, 1.54) is 6.08 Å². The van der Waals surface area contributed by atoms with Crippen LogP contribution in [0.5, 0.6) is 0 Å². The van der Waals surface area contributed by atoms with Gasteiger partial charge in [0, 0.05) is 12.3 Å². The lowest BCUT2D eigenvalue weighted by Crippen LogP contribution is -2.05. The topological polar surface area (TPSA) is 56.0 Å². The van der Waals surface area contributed by atoms with Gasteiger partial charge in [0.2, 0.25) is 5.91 Å². The van der Waals surface area contributed by atoms with Crippen LogP contribution >= 0.6 is 0 Å². The van der Waals surface area contributed by atoms with Crippen LogP contribution in [0.3, 0.4) is 0 Å². The summed E-state index contributed by atoms with van der Waals surface area (Å²) in [6.07, 6.45) is 6.16. The van der Waals surface area contributed by atoms with Gasteiger partial charge in [0.25, 0.3) is 0 Å². The van der Waals surface area contributed by atoms with E-state index in [-0.39, 0.29) is 0 Å². The largest absolute Gasteiger partial charge is 0.366 e. The van der Waals surface area contributed by atoms with E-state index >= 15 is 0 Å². The van der Waals surface area contributed by atoms with Crippen molar-refractivity contribution in [2.75, 3.05) is 0 Å². The van der Waals surface area contributed by atoms with Crippen molar-refractivity contribution in [3.63, 3.8) is 0 Å². The smallest absolute Gasteiger partial charge is 0.241 e. The van der Waals surface area contributed by atoms with Gasteiger partial charge in [-0.15, -0.1) is 0 Å². The van der Waals surface area contributed by atoms with E-state index in [0.717, 1.165) is 5.56 Å². The van der Waals surface area contributed by atoms with E-state index < -0.39 is 5.91 Å². The Morgan fingerprint density at radius 1 is 1.62 bits per heavy atom. The molecule has 3 heteroatoms.